The number of hydrogen-bond acceptors (Lipinski definition) is 3. The third-order valence-electron chi connectivity index (χ3n) is 1.98. The summed E-state index contributed by atoms with van der Waals surface area (Å²) in [7, 11) is -2.53. The molecule has 0 saturated heterocycles. The number of sulfonamides is 1. The molecule has 0 saturated carbocycles. The van der Waals surface area contributed by atoms with Gasteiger partial charge in [-0.05, 0) is 30.8 Å². The maximum Gasteiger partial charge on any atom is 0.328 e. The highest BCUT2D eigenvalue weighted by Gasteiger charge is 2.20. The van der Waals surface area contributed by atoms with Crippen LogP contribution in [0.4, 0.5) is 0 Å². The second-order valence-electron chi connectivity index (χ2n) is 3.19. The van der Waals surface area contributed by atoms with Crippen LogP contribution in [0.3, 0.4) is 0 Å². The molecule has 0 heterocycles. The van der Waals surface area contributed by atoms with E-state index in [0.29, 0.717) is 5.56 Å². The van der Waals surface area contributed by atoms with Crippen molar-refractivity contribution in [1.82, 2.24) is 4.72 Å². The summed E-state index contributed by atoms with van der Waals surface area (Å²) in [6, 6.07) is 2.63. The number of nitrogens with one attached hydrogen (secondary N) is 1. The molecule has 0 bridgehead atoms. The molecule has 5 nitrogen and oxygen atoms in total. The molecule has 2 N–H and O–H groups in total. The molecule has 0 amide bonds. The first-order chi connectivity index (χ1) is 8.27. The molecule has 0 aliphatic heterocycles. The van der Waals surface area contributed by atoms with E-state index in [0.717, 1.165) is 6.08 Å². The zero-order valence-electron chi connectivity index (χ0n) is 9.15. The number of rotatable bonds is 4. The summed E-state index contributed by atoms with van der Waals surface area (Å²) < 4.78 is 25.4. The van der Waals surface area contributed by atoms with Crippen LogP contribution in [-0.2, 0) is 14.8 Å². The fourth-order valence-corrected chi connectivity index (χ4v) is 3.15. The second kappa shape index (κ2) is 5.71. The van der Waals surface area contributed by atoms with Gasteiger partial charge >= 0.3 is 5.97 Å². The molecule has 0 radical (unpaired) electrons. The van der Waals surface area contributed by atoms with Gasteiger partial charge in [-0.1, -0.05) is 23.2 Å². The van der Waals surface area contributed by atoms with Gasteiger partial charge in [0.2, 0.25) is 10.0 Å². The first-order valence-electron chi connectivity index (χ1n) is 4.61. The zero-order chi connectivity index (χ0) is 13.9. The average molecular weight is 310 g/mol. The minimum Gasteiger partial charge on any atom is -0.478 e. The Labute approximate surface area is 114 Å². The van der Waals surface area contributed by atoms with Crippen molar-refractivity contribution in [2.24, 2.45) is 0 Å². The molecule has 0 aromatic heterocycles. The van der Waals surface area contributed by atoms with Gasteiger partial charge in [0, 0.05) is 6.08 Å². The lowest BCUT2D eigenvalue weighted by atomic mass is 10.2. The Kier molecular flexibility index (Phi) is 4.75. The molecule has 0 fully saturated rings. The van der Waals surface area contributed by atoms with Gasteiger partial charge in [0.05, 0.1) is 10.0 Å². The van der Waals surface area contributed by atoms with Gasteiger partial charge in [0.1, 0.15) is 4.90 Å². The summed E-state index contributed by atoms with van der Waals surface area (Å²) >= 11 is 11.7. The van der Waals surface area contributed by atoms with Crippen LogP contribution in [0.5, 0.6) is 0 Å². The van der Waals surface area contributed by atoms with E-state index in [9.17, 15) is 13.2 Å². The predicted octanol–water partition coefficient (Wildman–Crippen LogP) is 2.00. The van der Waals surface area contributed by atoms with E-state index >= 15 is 0 Å². The van der Waals surface area contributed by atoms with Gasteiger partial charge in [0.25, 0.3) is 0 Å². The smallest absolute Gasteiger partial charge is 0.328 e. The van der Waals surface area contributed by atoms with Crippen LogP contribution in [0, 0.1) is 0 Å². The minimum absolute atomic E-state index is 0.0816. The molecule has 0 aliphatic rings. The van der Waals surface area contributed by atoms with E-state index in [2.05, 4.69) is 4.72 Å². The standard InChI is InChI=1S/C10H9Cl2NO4S/c1-13-18(16,17)10-7(11)4-6(5-8(10)12)2-3-9(14)15/h2-5,13H,1H3,(H,14,15). The Morgan fingerprint density at radius 1 is 1.33 bits per heavy atom. The van der Waals surface area contributed by atoms with E-state index in [-0.39, 0.29) is 14.9 Å². The molecule has 0 atom stereocenters. The zero-order valence-corrected chi connectivity index (χ0v) is 11.5. The van der Waals surface area contributed by atoms with E-state index in [4.69, 9.17) is 28.3 Å². The van der Waals surface area contributed by atoms with E-state index in [1.807, 2.05) is 0 Å². The van der Waals surface area contributed by atoms with Gasteiger partial charge in [-0.25, -0.2) is 17.9 Å². The quantitative estimate of drug-likeness (QED) is 0.833. The van der Waals surface area contributed by atoms with Crippen LogP contribution >= 0.6 is 23.2 Å². The maximum absolute atomic E-state index is 11.6. The average Bonchev–Trinajstić information content (AvgIpc) is 2.25. The Balaban J connectivity index is 3.34. The van der Waals surface area contributed by atoms with Gasteiger partial charge in [0.15, 0.2) is 0 Å². The number of hydrogen-bond donors (Lipinski definition) is 2. The molecule has 98 valence electrons. The summed E-state index contributed by atoms with van der Waals surface area (Å²) in [6.07, 6.45) is 2.16. The SMILES string of the molecule is CNS(=O)(=O)c1c(Cl)cc(C=CC(=O)O)cc1Cl. The van der Waals surface area contributed by atoms with Crippen molar-refractivity contribution < 1.29 is 18.3 Å². The highest BCUT2D eigenvalue weighted by molar-refractivity contribution is 7.89. The third-order valence-corrected chi connectivity index (χ3v) is 4.31. The van der Waals surface area contributed by atoms with Gasteiger partial charge in [-0.15, -0.1) is 0 Å². The van der Waals surface area contributed by atoms with Crippen LogP contribution in [-0.4, -0.2) is 26.5 Å². The highest BCUT2D eigenvalue weighted by atomic mass is 35.5. The number of benzene rings is 1. The molecule has 18 heavy (non-hydrogen) atoms. The largest absolute Gasteiger partial charge is 0.478 e. The first-order valence-corrected chi connectivity index (χ1v) is 6.85. The lowest BCUT2D eigenvalue weighted by Crippen LogP contribution is -2.19. The lowest BCUT2D eigenvalue weighted by molar-refractivity contribution is -0.131. The van der Waals surface area contributed by atoms with Crippen LogP contribution in [0.1, 0.15) is 5.56 Å². The van der Waals surface area contributed by atoms with E-state index < -0.39 is 16.0 Å². The van der Waals surface area contributed by atoms with Crippen LogP contribution in [0.2, 0.25) is 10.0 Å². The number of aliphatic carboxylic acids is 1. The van der Waals surface area contributed by atoms with Gasteiger partial charge < -0.3 is 5.11 Å². The Morgan fingerprint density at radius 3 is 2.22 bits per heavy atom. The summed E-state index contributed by atoms with van der Waals surface area (Å²) in [5.41, 5.74) is 0.391. The van der Waals surface area contributed by atoms with Crippen molar-refractivity contribution in [1.29, 1.82) is 0 Å². The number of carbonyl (C=O) groups is 1. The molecule has 1 aromatic carbocycles. The summed E-state index contributed by atoms with van der Waals surface area (Å²) in [5.74, 6) is -1.13. The minimum atomic E-state index is -3.76. The molecule has 0 aliphatic carbocycles. The molecule has 0 spiro atoms. The Bertz CT molecular complexity index is 587. The summed E-state index contributed by atoms with van der Waals surface area (Å²) in [6.45, 7) is 0. The van der Waals surface area contributed by atoms with Crippen LogP contribution < -0.4 is 4.72 Å². The lowest BCUT2D eigenvalue weighted by Gasteiger charge is -2.08. The van der Waals surface area contributed by atoms with Gasteiger partial charge in [-0.3, -0.25) is 0 Å². The third kappa shape index (κ3) is 3.46. The normalized spacial score (nSPS) is 11.9. The van der Waals surface area contributed by atoms with E-state index in [1.54, 1.807) is 0 Å². The van der Waals surface area contributed by atoms with Crippen molar-refractivity contribution in [3.63, 3.8) is 0 Å². The second-order valence-corrected chi connectivity index (χ2v) is 5.83. The monoisotopic (exact) mass is 309 g/mol. The van der Waals surface area contributed by atoms with Crippen molar-refractivity contribution in [2.45, 2.75) is 4.90 Å². The fraction of sp³-hybridized carbons (Fsp3) is 0.100. The van der Waals surface area contributed by atoms with Crippen LogP contribution in [0.15, 0.2) is 23.1 Å². The highest BCUT2D eigenvalue weighted by Crippen LogP contribution is 2.31. The number of carboxylic acids is 1. The maximum atomic E-state index is 11.6. The molecular formula is C10H9Cl2NO4S. The topological polar surface area (TPSA) is 83.5 Å². The molecule has 8 heteroatoms. The molecule has 0 unspecified atom stereocenters. The number of halogens is 2. The fourth-order valence-electron chi connectivity index (χ4n) is 1.20. The predicted molar refractivity (Wildman–Crippen MR) is 69.4 cm³/mol. The molecular weight excluding hydrogens is 301 g/mol. The van der Waals surface area contributed by atoms with Crippen molar-refractivity contribution in [2.75, 3.05) is 7.05 Å². The Hall–Kier alpha value is -1.08. The number of carboxylic acid groups (broad SMARTS) is 1. The first kappa shape index (κ1) is 15.0. The molecule has 1 rings (SSSR count). The van der Waals surface area contributed by atoms with E-state index in [1.165, 1.54) is 25.3 Å². The van der Waals surface area contributed by atoms with Crippen molar-refractivity contribution in [3.05, 3.63) is 33.8 Å². The van der Waals surface area contributed by atoms with Crippen molar-refractivity contribution >= 4 is 45.3 Å². The van der Waals surface area contributed by atoms with Crippen LogP contribution in [0.25, 0.3) is 6.08 Å². The van der Waals surface area contributed by atoms with Gasteiger partial charge in [-0.2, -0.15) is 0 Å². The Morgan fingerprint density at radius 2 is 1.83 bits per heavy atom. The molecule has 1 aromatic rings. The summed E-state index contributed by atoms with van der Waals surface area (Å²) in [5, 5.41) is 8.31. The summed E-state index contributed by atoms with van der Waals surface area (Å²) in [4.78, 5) is 10.1. The van der Waals surface area contributed by atoms with Crippen molar-refractivity contribution in [3.8, 4) is 0 Å².